The Kier molecular flexibility index (Phi) is 2.22. The molecule has 0 spiro atoms. The SMILES string of the molecule is CC1(C)CCC2=CC(C=O)CC=C2O1. The minimum Gasteiger partial charge on any atom is -0.488 e. The quantitative estimate of drug-likeness (QED) is 0.597. The van der Waals surface area contributed by atoms with E-state index in [1.54, 1.807) is 0 Å². The van der Waals surface area contributed by atoms with E-state index in [1.807, 2.05) is 0 Å². The smallest absolute Gasteiger partial charge is 0.127 e. The van der Waals surface area contributed by atoms with Crippen molar-refractivity contribution in [3.8, 4) is 0 Å². The van der Waals surface area contributed by atoms with Crippen LogP contribution < -0.4 is 0 Å². The van der Waals surface area contributed by atoms with Gasteiger partial charge in [-0.25, -0.2) is 0 Å². The number of hydrogen-bond acceptors (Lipinski definition) is 2. The number of hydrogen-bond donors (Lipinski definition) is 0. The highest BCUT2D eigenvalue weighted by Gasteiger charge is 2.30. The van der Waals surface area contributed by atoms with E-state index in [-0.39, 0.29) is 11.5 Å². The molecule has 2 nitrogen and oxygen atoms in total. The number of fused-ring (bicyclic) bond motifs is 1. The van der Waals surface area contributed by atoms with Crippen molar-refractivity contribution in [2.24, 2.45) is 5.92 Å². The van der Waals surface area contributed by atoms with Crippen molar-refractivity contribution < 1.29 is 9.53 Å². The van der Waals surface area contributed by atoms with Crippen LogP contribution in [-0.4, -0.2) is 11.9 Å². The first-order valence-corrected chi connectivity index (χ1v) is 5.16. The summed E-state index contributed by atoms with van der Waals surface area (Å²) in [6, 6.07) is 0. The van der Waals surface area contributed by atoms with Gasteiger partial charge in [-0.05, 0) is 44.8 Å². The van der Waals surface area contributed by atoms with Crippen LogP contribution in [0.1, 0.15) is 33.1 Å². The Morgan fingerprint density at radius 3 is 3.07 bits per heavy atom. The second kappa shape index (κ2) is 3.26. The summed E-state index contributed by atoms with van der Waals surface area (Å²) in [6.45, 7) is 4.22. The first-order chi connectivity index (χ1) is 6.61. The van der Waals surface area contributed by atoms with Gasteiger partial charge in [-0.2, -0.15) is 0 Å². The zero-order valence-electron chi connectivity index (χ0n) is 8.75. The molecule has 0 bridgehead atoms. The Hall–Kier alpha value is -1.05. The lowest BCUT2D eigenvalue weighted by atomic mass is 9.87. The lowest BCUT2D eigenvalue weighted by Gasteiger charge is -2.36. The summed E-state index contributed by atoms with van der Waals surface area (Å²) in [7, 11) is 0. The van der Waals surface area contributed by atoms with Crippen molar-refractivity contribution in [1.29, 1.82) is 0 Å². The van der Waals surface area contributed by atoms with E-state index in [9.17, 15) is 4.79 Å². The van der Waals surface area contributed by atoms with Crippen LogP contribution >= 0.6 is 0 Å². The third-order valence-corrected chi connectivity index (χ3v) is 2.86. The molecule has 0 aromatic heterocycles. The molecule has 0 radical (unpaired) electrons. The van der Waals surface area contributed by atoms with Gasteiger partial charge in [0.1, 0.15) is 17.6 Å². The zero-order valence-corrected chi connectivity index (χ0v) is 8.75. The lowest BCUT2D eigenvalue weighted by molar-refractivity contribution is -0.109. The molecule has 2 aliphatic rings. The minimum atomic E-state index is -0.0445. The van der Waals surface area contributed by atoms with E-state index in [1.165, 1.54) is 5.57 Å². The van der Waals surface area contributed by atoms with Gasteiger partial charge in [0.2, 0.25) is 0 Å². The maximum atomic E-state index is 10.6. The van der Waals surface area contributed by atoms with Crippen LogP contribution in [0.25, 0.3) is 0 Å². The monoisotopic (exact) mass is 192 g/mol. The number of carbonyl (C=O) groups is 1. The van der Waals surface area contributed by atoms with Crippen molar-refractivity contribution >= 4 is 6.29 Å². The number of ether oxygens (including phenoxy) is 1. The van der Waals surface area contributed by atoms with Gasteiger partial charge in [0.25, 0.3) is 0 Å². The van der Waals surface area contributed by atoms with E-state index >= 15 is 0 Å². The van der Waals surface area contributed by atoms with Crippen LogP contribution in [0.4, 0.5) is 0 Å². The molecule has 0 aromatic rings. The first kappa shape index (κ1) is 9.50. The topological polar surface area (TPSA) is 26.3 Å². The summed E-state index contributed by atoms with van der Waals surface area (Å²) in [5, 5.41) is 0. The maximum Gasteiger partial charge on any atom is 0.127 e. The summed E-state index contributed by atoms with van der Waals surface area (Å²) in [5.41, 5.74) is 1.17. The predicted molar refractivity (Wildman–Crippen MR) is 54.7 cm³/mol. The molecule has 0 amide bonds. The van der Waals surface area contributed by atoms with Crippen LogP contribution in [0.15, 0.2) is 23.5 Å². The third-order valence-electron chi connectivity index (χ3n) is 2.86. The van der Waals surface area contributed by atoms with Gasteiger partial charge in [0, 0.05) is 5.92 Å². The van der Waals surface area contributed by atoms with Crippen LogP contribution in [-0.2, 0) is 9.53 Å². The fourth-order valence-corrected chi connectivity index (χ4v) is 1.98. The standard InChI is InChI=1S/C12H16O2/c1-12(2)6-5-10-7-9(8-13)3-4-11(10)14-12/h4,7-9H,3,5-6H2,1-2H3. The van der Waals surface area contributed by atoms with Crippen LogP contribution in [0.3, 0.4) is 0 Å². The highest BCUT2D eigenvalue weighted by Crippen LogP contribution is 2.37. The Labute approximate surface area is 84.6 Å². The Bertz CT molecular complexity index is 310. The number of aldehydes is 1. The molecule has 76 valence electrons. The van der Waals surface area contributed by atoms with Gasteiger partial charge in [0.15, 0.2) is 0 Å². The average molecular weight is 192 g/mol. The van der Waals surface area contributed by atoms with Gasteiger partial charge in [-0.3, -0.25) is 0 Å². The van der Waals surface area contributed by atoms with Crippen molar-refractivity contribution in [2.45, 2.75) is 38.7 Å². The molecule has 0 N–H and O–H groups in total. The molecule has 1 aliphatic heterocycles. The fraction of sp³-hybridized carbons (Fsp3) is 0.583. The Balaban J connectivity index is 2.18. The molecule has 1 fully saturated rings. The normalized spacial score (nSPS) is 29.4. The molecule has 2 heteroatoms. The van der Waals surface area contributed by atoms with Gasteiger partial charge >= 0.3 is 0 Å². The second-order valence-corrected chi connectivity index (χ2v) is 4.66. The zero-order chi connectivity index (χ0) is 10.2. The Morgan fingerprint density at radius 2 is 2.36 bits per heavy atom. The highest BCUT2D eigenvalue weighted by molar-refractivity contribution is 5.59. The summed E-state index contributed by atoms with van der Waals surface area (Å²) < 4.78 is 5.85. The molecule has 2 rings (SSSR count). The Morgan fingerprint density at radius 1 is 1.57 bits per heavy atom. The van der Waals surface area contributed by atoms with Gasteiger partial charge in [0.05, 0.1) is 0 Å². The van der Waals surface area contributed by atoms with Gasteiger partial charge in [-0.15, -0.1) is 0 Å². The van der Waals surface area contributed by atoms with E-state index < -0.39 is 0 Å². The van der Waals surface area contributed by atoms with Crippen molar-refractivity contribution in [2.75, 3.05) is 0 Å². The molecule has 1 heterocycles. The maximum absolute atomic E-state index is 10.6. The summed E-state index contributed by atoms with van der Waals surface area (Å²) in [5.74, 6) is 1.07. The average Bonchev–Trinajstić information content (AvgIpc) is 2.16. The number of rotatable bonds is 1. The fourth-order valence-electron chi connectivity index (χ4n) is 1.98. The third kappa shape index (κ3) is 1.74. The van der Waals surface area contributed by atoms with Crippen molar-refractivity contribution in [1.82, 2.24) is 0 Å². The molecular weight excluding hydrogens is 176 g/mol. The first-order valence-electron chi connectivity index (χ1n) is 5.16. The van der Waals surface area contributed by atoms with Crippen molar-refractivity contribution in [3.63, 3.8) is 0 Å². The molecular formula is C12H16O2. The molecule has 0 aromatic carbocycles. The largest absolute Gasteiger partial charge is 0.488 e. The van der Waals surface area contributed by atoms with Crippen LogP contribution in [0, 0.1) is 5.92 Å². The van der Waals surface area contributed by atoms with Crippen LogP contribution in [0.2, 0.25) is 0 Å². The molecule has 0 saturated carbocycles. The predicted octanol–water partition coefficient (Wildman–Crippen LogP) is 2.60. The summed E-state index contributed by atoms with van der Waals surface area (Å²) in [4.78, 5) is 10.6. The van der Waals surface area contributed by atoms with Crippen LogP contribution in [0.5, 0.6) is 0 Å². The summed E-state index contributed by atoms with van der Waals surface area (Å²) >= 11 is 0. The van der Waals surface area contributed by atoms with Gasteiger partial charge < -0.3 is 9.53 Å². The van der Waals surface area contributed by atoms with E-state index in [4.69, 9.17) is 4.74 Å². The molecule has 1 atom stereocenters. The second-order valence-electron chi connectivity index (χ2n) is 4.66. The highest BCUT2D eigenvalue weighted by atomic mass is 16.5. The summed E-state index contributed by atoms with van der Waals surface area (Å²) in [6.07, 6.45) is 7.97. The minimum absolute atomic E-state index is 0.0445. The molecule has 1 unspecified atom stereocenters. The number of carbonyl (C=O) groups excluding carboxylic acids is 1. The van der Waals surface area contributed by atoms with E-state index in [0.29, 0.717) is 0 Å². The van der Waals surface area contributed by atoms with E-state index in [0.717, 1.165) is 31.3 Å². The van der Waals surface area contributed by atoms with Gasteiger partial charge in [-0.1, -0.05) is 6.08 Å². The number of allylic oxidation sites excluding steroid dienone is 3. The lowest BCUT2D eigenvalue weighted by Crippen LogP contribution is -2.30. The molecule has 14 heavy (non-hydrogen) atoms. The molecule has 1 aliphatic carbocycles. The van der Waals surface area contributed by atoms with E-state index in [2.05, 4.69) is 26.0 Å². The molecule has 1 saturated heterocycles. The van der Waals surface area contributed by atoms with Crippen molar-refractivity contribution in [3.05, 3.63) is 23.5 Å².